The molecule has 0 atom stereocenters. The first-order valence-electron chi connectivity index (χ1n) is 10.3. The predicted molar refractivity (Wildman–Crippen MR) is 126 cm³/mol. The quantitative estimate of drug-likeness (QED) is 0.388. The molecule has 1 saturated heterocycles. The van der Waals surface area contributed by atoms with E-state index in [1.54, 1.807) is 60.7 Å². The fraction of sp³-hybridized carbons (Fsp3) is 0.120. The summed E-state index contributed by atoms with van der Waals surface area (Å²) in [6.07, 6.45) is 1.65. The molecule has 0 aliphatic carbocycles. The van der Waals surface area contributed by atoms with Crippen molar-refractivity contribution in [2.45, 2.75) is 13.2 Å². The van der Waals surface area contributed by atoms with Crippen LogP contribution in [-0.4, -0.2) is 22.8 Å². The molecule has 34 heavy (non-hydrogen) atoms. The van der Waals surface area contributed by atoms with Crippen LogP contribution in [0.2, 0.25) is 5.02 Å². The van der Waals surface area contributed by atoms with E-state index < -0.39 is 5.91 Å². The van der Waals surface area contributed by atoms with Gasteiger partial charge < -0.3 is 14.2 Å². The third-order valence-electron chi connectivity index (χ3n) is 5.27. The van der Waals surface area contributed by atoms with E-state index in [2.05, 4.69) is 0 Å². The Labute approximate surface area is 203 Å². The molecule has 3 aromatic rings. The Morgan fingerprint density at radius 2 is 1.76 bits per heavy atom. The SMILES string of the molecule is O=C1S/C(=C\c2ccc(OCc3ccccc3F)cc2)C(=O)N1Cc1cc2c(cc1Cl)OCO2. The highest BCUT2D eigenvalue weighted by atomic mass is 35.5. The molecule has 0 N–H and O–H groups in total. The second-order valence-corrected chi connectivity index (χ2v) is 8.91. The van der Waals surface area contributed by atoms with Crippen LogP contribution >= 0.6 is 23.4 Å². The van der Waals surface area contributed by atoms with Gasteiger partial charge in [0, 0.05) is 16.7 Å². The van der Waals surface area contributed by atoms with Gasteiger partial charge in [0.05, 0.1) is 11.4 Å². The van der Waals surface area contributed by atoms with Crippen molar-refractivity contribution < 1.29 is 28.2 Å². The lowest BCUT2D eigenvalue weighted by Gasteiger charge is -2.14. The zero-order chi connectivity index (χ0) is 23.7. The Hall–Kier alpha value is -3.49. The molecular weight excluding hydrogens is 481 g/mol. The molecule has 5 rings (SSSR count). The molecule has 0 aromatic heterocycles. The zero-order valence-electron chi connectivity index (χ0n) is 17.6. The van der Waals surface area contributed by atoms with Gasteiger partial charge in [0.1, 0.15) is 18.2 Å². The molecule has 6 nitrogen and oxygen atoms in total. The van der Waals surface area contributed by atoms with E-state index in [1.807, 2.05) is 0 Å². The van der Waals surface area contributed by atoms with E-state index in [1.165, 1.54) is 6.07 Å². The van der Waals surface area contributed by atoms with Gasteiger partial charge in [-0.3, -0.25) is 14.5 Å². The van der Waals surface area contributed by atoms with Gasteiger partial charge in [-0.15, -0.1) is 0 Å². The fourth-order valence-electron chi connectivity index (χ4n) is 3.48. The van der Waals surface area contributed by atoms with Gasteiger partial charge in [0.25, 0.3) is 11.1 Å². The number of benzene rings is 3. The number of hydrogen-bond donors (Lipinski definition) is 0. The van der Waals surface area contributed by atoms with Crippen LogP contribution in [0.5, 0.6) is 17.2 Å². The number of hydrogen-bond acceptors (Lipinski definition) is 6. The standard InChI is InChI=1S/C25H17ClFNO5S/c26-19-11-22-21(32-14-33-22)10-17(19)12-28-24(29)23(34-25(28)30)9-15-5-7-18(8-6-15)31-13-16-3-1-2-4-20(16)27/h1-11H,12-14H2/b23-9-. The molecule has 0 saturated carbocycles. The van der Waals surface area contributed by atoms with Crippen molar-refractivity contribution in [1.82, 2.24) is 4.90 Å². The molecule has 2 heterocycles. The van der Waals surface area contributed by atoms with Gasteiger partial charge in [-0.25, -0.2) is 4.39 Å². The highest BCUT2D eigenvalue weighted by Gasteiger charge is 2.35. The summed E-state index contributed by atoms with van der Waals surface area (Å²) in [5, 5.41) is 0.00748. The maximum atomic E-state index is 13.7. The summed E-state index contributed by atoms with van der Waals surface area (Å²) in [6, 6.07) is 16.7. The molecular formula is C25H17ClFNO5S. The predicted octanol–water partition coefficient (Wildman–Crippen LogP) is 6.02. The van der Waals surface area contributed by atoms with Crippen molar-refractivity contribution in [3.05, 3.63) is 93.1 Å². The Kier molecular flexibility index (Phi) is 6.17. The summed E-state index contributed by atoms with van der Waals surface area (Å²) in [4.78, 5) is 26.9. The van der Waals surface area contributed by atoms with Crippen molar-refractivity contribution in [2.24, 2.45) is 0 Å². The number of rotatable bonds is 6. The van der Waals surface area contributed by atoms with Crippen LogP contribution in [0.25, 0.3) is 6.08 Å². The Morgan fingerprint density at radius 3 is 2.53 bits per heavy atom. The second-order valence-electron chi connectivity index (χ2n) is 7.51. The van der Waals surface area contributed by atoms with Crippen LogP contribution in [0.1, 0.15) is 16.7 Å². The third-order valence-corrected chi connectivity index (χ3v) is 6.53. The van der Waals surface area contributed by atoms with E-state index in [0.717, 1.165) is 22.2 Å². The largest absolute Gasteiger partial charge is 0.489 e. The first-order valence-corrected chi connectivity index (χ1v) is 11.5. The summed E-state index contributed by atoms with van der Waals surface area (Å²) in [7, 11) is 0. The molecule has 0 spiro atoms. The van der Waals surface area contributed by atoms with Crippen molar-refractivity contribution in [1.29, 1.82) is 0 Å². The molecule has 3 aromatic carbocycles. The number of amides is 2. The van der Waals surface area contributed by atoms with E-state index in [0.29, 0.717) is 38.3 Å². The Bertz CT molecular complexity index is 1310. The Morgan fingerprint density at radius 1 is 1.03 bits per heavy atom. The number of thioether (sulfide) groups is 1. The topological polar surface area (TPSA) is 65.1 Å². The maximum Gasteiger partial charge on any atom is 0.293 e. The van der Waals surface area contributed by atoms with E-state index in [9.17, 15) is 14.0 Å². The molecule has 9 heteroatoms. The van der Waals surface area contributed by atoms with Crippen LogP contribution in [0.15, 0.2) is 65.6 Å². The number of nitrogens with zero attached hydrogens (tertiary/aromatic N) is 1. The Balaban J connectivity index is 1.26. The minimum atomic E-state index is -0.399. The average Bonchev–Trinajstić information content (AvgIpc) is 3.38. The van der Waals surface area contributed by atoms with Crippen LogP contribution in [0, 0.1) is 5.82 Å². The summed E-state index contributed by atoms with van der Waals surface area (Å²) in [5.41, 5.74) is 1.78. The van der Waals surface area contributed by atoms with Crippen molar-refractivity contribution in [3.8, 4) is 17.2 Å². The van der Waals surface area contributed by atoms with Crippen LogP contribution in [-0.2, 0) is 17.9 Å². The number of ether oxygens (including phenoxy) is 3. The molecule has 0 radical (unpaired) electrons. The average molecular weight is 498 g/mol. The molecule has 2 aliphatic rings. The van der Waals surface area contributed by atoms with Crippen molar-refractivity contribution in [2.75, 3.05) is 6.79 Å². The summed E-state index contributed by atoms with van der Waals surface area (Å²) < 4.78 is 30.0. The smallest absolute Gasteiger partial charge is 0.293 e. The van der Waals surface area contributed by atoms with Crippen LogP contribution in [0.4, 0.5) is 9.18 Å². The normalized spacial score (nSPS) is 15.9. The van der Waals surface area contributed by atoms with Gasteiger partial charge >= 0.3 is 0 Å². The molecule has 2 amide bonds. The lowest BCUT2D eigenvalue weighted by Crippen LogP contribution is -2.27. The number of fused-ring (bicyclic) bond motifs is 1. The van der Waals surface area contributed by atoms with Crippen molar-refractivity contribution >= 4 is 40.6 Å². The molecule has 172 valence electrons. The minimum absolute atomic E-state index is 0.0281. The summed E-state index contributed by atoms with van der Waals surface area (Å²) in [6.45, 7) is 0.236. The molecule has 2 aliphatic heterocycles. The molecule has 0 unspecified atom stereocenters. The van der Waals surface area contributed by atoms with E-state index in [-0.39, 0.29) is 31.0 Å². The van der Waals surface area contributed by atoms with Gasteiger partial charge in [-0.1, -0.05) is 41.9 Å². The maximum absolute atomic E-state index is 13.7. The molecule has 0 bridgehead atoms. The van der Waals surface area contributed by atoms with Crippen LogP contribution in [0.3, 0.4) is 0 Å². The third kappa shape index (κ3) is 4.60. The van der Waals surface area contributed by atoms with Gasteiger partial charge in [-0.2, -0.15) is 0 Å². The number of imide groups is 1. The van der Waals surface area contributed by atoms with Crippen LogP contribution < -0.4 is 14.2 Å². The molecule has 1 fully saturated rings. The van der Waals surface area contributed by atoms with E-state index >= 15 is 0 Å². The second kappa shape index (κ2) is 9.40. The number of halogens is 2. The zero-order valence-corrected chi connectivity index (χ0v) is 19.2. The van der Waals surface area contributed by atoms with Crippen molar-refractivity contribution in [3.63, 3.8) is 0 Å². The highest BCUT2D eigenvalue weighted by molar-refractivity contribution is 8.18. The first kappa shape index (κ1) is 22.3. The van der Waals surface area contributed by atoms with E-state index in [4.69, 9.17) is 25.8 Å². The lowest BCUT2D eigenvalue weighted by atomic mass is 10.1. The monoisotopic (exact) mass is 497 g/mol. The van der Waals surface area contributed by atoms with Gasteiger partial charge in [0.2, 0.25) is 6.79 Å². The highest BCUT2D eigenvalue weighted by Crippen LogP contribution is 2.39. The number of carbonyl (C=O) groups excluding carboxylic acids is 2. The van der Waals surface area contributed by atoms with Gasteiger partial charge in [0.15, 0.2) is 11.5 Å². The first-order chi connectivity index (χ1) is 16.5. The summed E-state index contributed by atoms with van der Waals surface area (Å²) in [5.74, 6) is 0.898. The van der Waals surface area contributed by atoms with Gasteiger partial charge in [-0.05, 0) is 53.2 Å². The lowest BCUT2D eigenvalue weighted by molar-refractivity contribution is -0.123. The number of carbonyl (C=O) groups is 2. The summed E-state index contributed by atoms with van der Waals surface area (Å²) >= 11 is 7.16. The fourth-order valence-corrected chi connectivity index (χ4v) is 4.53. The minimum Gasteiger partial charge on any atom is -0.489 e.